The summed E-state index contributed by atoms with van der Waals surface area (Å²) in [5.41, 5.74) is 2.93. The maximum atomic E-state index is 12.4. The lowest BCUT2D eigenvalue weighted by Crippen LogP contribution is -2.08. The molecule has 1 atom stereocenters. The number of aryl methyl sites for hydroxylation is 1. The first-order chi connectivity index (χ1) is 19.1. The molecule has 0 aromatic heterocycles. The number of hydrogen-bond acceptors (Lipinski definition) is 3. The molecule has 0 saturated heterocycles. The molecule has 0 aliphatic heterocycles. The number of rotatable bonds is 23. The van der Waals surface area contributed by atoms with Crippen LogP contribution in [-0.4, -0.2) is 12.6 Å². The van der Waals surface area contributed by atoms with E-state index < -0.39 is 0 Å². The molecule has 1 unspecified atom stereocenters. The van der Waals surface area contributed by atoms with Crippen molar-refractivity contribution >= 4 is 5.97 Å². The van der Waals surface area contributed by atoms with Crippen molar-refractivity contribution < 1.29 is 14.3 Å². The highest BCUT2D eigenvalue weighted by molar-refractivity contribution is 5.91. The van der Waals surface area contributed by atoms with Gasteiger partial charge >= 0.3 is 5.97 Å². The largest absolute Gasteiger partial charge is 0.423 e. The van der Waals surface area contributed by atoms with Crippen LogP contribution in [0.2, 0.25) is 0 Å². The van der Waals surface area contributed by atoms with Crippen LogP contribution in [0.5, 0.6) is 5.75 Å². The Balaban J connectivity index is 1.46. The van der Waals surface area contributed by atoms with Crippen LogP contribution in [0.1, 0.15) is 158 Å². The van der Waals surface area contributed by atoms with Gasteiger partial charge in [0.05, 0.1) is 11.7 Å². The number of unbranched alkanes of at least 4 members (excludes halogenated alkanes) is 15. The predicted octanol–water partition coefficient (Wildman–Crippen LogP) is 11.2. The smallest absolute Gasteiger partial charge is 0.343 e. The van der Waals surface area contributed by atoms with Crippen LogP contribution >= 0.6 is 0 Å². The van der Waals surface area contributed by atoms with Gasteiger partial charge in [-0.05, 0) is 55.2 Å². The Morgan fingerprint density at radius 1 is 0.615 bits per heavy atom. The molecule has 3 nitrogen and oxygen atoms in total. The first kappa shape index (κ1) is 33.1. The third-order valence-electron chi connectivity index (χ3n) is 7.65. The number of hydrogen-bond donors (Lipinski definition) is 0. The van der Waals surface area contributed by atoms with E-state index in [4.69, 9.17) is 9.47 Å². The average Bonchev–Trinajstić information content (AvgIpc) is 2.95. The van der Waals surface area contributed by atoms with Crippen molar-refractivity contribution in [2.75, 3.05) is 6.61 Å². The minimum atomic E-state index is -0.321. The molecule has 39 heavy (non-hydrogen) atoms. The lowest BCUT2D eigenvalue weighted by molar-refractivity contribution is 0.0627. The summed E-state index contributed by atoms with van der Waals surface area (Å²) in [7, 11) is 0. The molecule has 0 heterocycles. The molecule has 0 bridgehead atoms. The van der Waals surface area contributed by atoms with Crippen molar-refractivity contribution in [2.24, 2.45) is 0 Å². The fraction of sp³-hybridized carbons (Fsp3) is 0.639. The van der Waals surface area contributed by atoms with Crippen molar-refractivity contribution in [1.82, 2.24) is 0 Å². The quantitative estimate of drug-likeness (QED) is 0.0804. The van der Waals surface area contributed by atoms with E-state index in [1.807, 2.05) is 48.5 Å². The second-order valence-electron chi connectivity index (χ2n) is 11.2. The Bertz CT molecular complexity index is 856. The molecule has 3 heteroatoms. The zero-order chi connectivity index (χ0) is 28.0. The van der Waals surface area contributed by atoms with E-state index in [0.717, 1.165) is 31.4 Å². The van der Waals surface area contributed by atoms with E-state index >= 15 is 0 Å². The summed E-state index contributed by atoms with van der Waals surface area (Å²) in [6.45, 7) is 7.32. The first-order valence-electron chi connectivity index (χ1n) is 16.2. The van der Waals surface area contributed by atoms with Crippen LogP contribution in [-0.2, 0) is 11.2 Å². The molecule has 2 aromatic carbocycles. The van der Waals surface area contributed by atoms with Gasteiger partial charge in [0, 0.05) is 6.61 Å². The summed E-state index contributed by atoms with van der Waals surface area (Å²) in [6.07, 6.45) is 24.2. The fourth-order valence-electron chi connectivity index (χ4n) is 5.08. The number of esters is 1. The van der Waals surface area contributed by atoms with Gasteiger partial charge in [0.15, 0.2) is 0 Å². The highest BCUT2D eigenvalue weighted by Crippen LogP contribution is 2.22. The maximum absolute atomic E-state index is 12.4. The number of carbonyl (C=O) groups is 1. The summed E-state index contributed by atoms with van der Waals surface area (Å²) in [4.78, 5) is 12.4. The van der Waals surface area contributed by atoms with E-state index in [1.54, 1.807) is 0 Å². The molecule has 0 spiro atoms. The van der Waals surface area contributed by atoms with Crippen molar-refractivity contribution in [3.63, 3.8) is 0 Å². The normalized spacial score (nSPS) is 12.0. The summed E-state index contributed by atoms with van der Waals surface area (Å²) in [5.74, 6) is 0.241. The van der Waals surface area contributed by atoms with E-state index in [0.29, 0.717) is 11.3 Å². The highest BCUT2D eigenvalue weighted by Gasteiger charge is 2.10. The molecule has 2 rings (SSSR count). The summed E-state index contributed by atoms with van der Waals surface area (Å²) in [6, 6.07) is 15.4. The zero-order valence-electron chi connectivity index (χ0n) is 25.4. The molecule has 0 N–H and O–H groups in total. The molecule has 2 aromatic rings. The highest BCUT2D eigenvalue weighted by atomic mass is 16.5. The molecule has 218 valence electrons. The molecule has 0 saturated carbocycles. The second kappa shape index (κ2) is 21.7. The lowest BCUT2D eigenvalue weighted by atomic mass is 10.0. The van der Waals surface area contributed by atoms with Crippen LogP contribution < -0.4 is 4.74 Å². The number of carbonyl (C=O) groups excluding carboxylic acids is 1. The molecule has 0 radical (unpaired) electrons. The number of benzene rings is 2. The van der Waals surface area contributed by atoms with E-state index in [9.17, 15) is 4.79 Å². The van der Waals surface area contributed by atoms with Crippen molar-refractivity contribution in [1.29, 1.82) is 0 Å². The Labute approximate surface area is 240 Å². The van der Waals surface area contributed by atoms with Crippen LogP contribution in [0.4, 0.5) is 0 Å². The van der Waals surface area contributed by atoms with Gasteiger partial charge in [-0.3, -0.25) is 0 Å². The van der Waals surface area contributed by atoms with E-state index in [1.165, 1.54) is 102 Å². The summed E-state index contributed by atoms with van der Waals surface area (Å²) in [5, 5.41) is 0. The van der Waals surface area contributed by atoms with Crippen molar-refractivity contribution in [3.05, 3.63) is 65.2 Å². The van der Waals surface area contributed by atoms with Crippen LogP contribution in [0.25, 0.3) is 0 Å². The van der Waals surface area contributed by atoms with Gasteiger partial charge in [-0.2, -0.15) is 0 Å². The molecule has 0 fully saturated rings. The summed E-state index contributed by atoms with van der Waals surface area (Å²) >= 11 is 0. The lowest BCUT2D eigenvalue weighted by Gasteiger charge is -2.14. The van der Waals surface area contributed by atoms with Gasteiger partial charge in [0.2, 0.25) is 0 Å². The average molecular weight is 537 g/mol. The van der Waals surface area contributed by atoms with Crippen molar-refractivity contribution in [2.45, 2.75) is 142 Å². The minimum Gasteiger partial charge on any atom is -0.423 e. The SMILES string of the molecule is CCCCCCCCCCCCCCCCCCOC(C)c1ccc(OC(=O)c2ccc(CCC)cc2)cc1. The monoisotopic (exact) mass is 536 g/mol. The Kier molecular flexibility index (Phi) is 18.4. The number of ether oxygens (including phenoxy) is 2. The predicted molar refractivity (Wildman–Crippen MR) is 166 cm³/mol. The van der Waals surface area contributed by atoms with Crippen LogP contribution in [0.3, 0.4) is 0 Å². The third kappa shape index (κ3) is 15.3. The van der Waals surface area contributed by atoms with Crippen LogP contribution in [0.15, 0.2) is 48.5 Å². The minimum absolute atomic E-state index is 0.0391. The van der Waals surface area contributed by atoms with Gasteiger partial charge in [0.1, 0.15) is 5.75 Å². The third-order valence-corrected chi connectivity index (χ3v) is 7.65. The second-order valence-corrected chi connectivity index (χ2v) is 11.2. The van der Waals surface area contributed by atoms with E-state index in [2.05, 4.69) is 20.8 Å². The zero-order valence-corrected chi connectivity index (χ0v) is 25.4. The molecular formula is C36H56O3. The van der Waals surface area contributed by atoms with Crippen molar-refractivity contribution in [3.8, 4) is 5.75 Å². The maximum Gasteiger partial charge on any atom is 0.343 e. The standard InChI is InChI=1S/C36H56O3/c1-4-6-7-8-9-10-11-12-13-14-15-16-17-18-19-20-30-38-31(3)33-26-28-35(29-27-33)39-36(37)34-24-22-32(21-5-2)23-25-34/h22-29,31H,4-21,30H2,1-3H3. The Morgan fingerprint density at radius 3 is 1.59 bits per heavy atom. The van der Waals surface area contributed by atoms with Gasteiger partial charge < -0.3 is 9.47 Å². The van der Waals surface area contributed by atoms with Crippen LogP contribution in [0, 0.1) is 0 Å². The molecule has 0 aliphatic rings. The summed E-state index contributed by atoms with van der Waals surface area (Å²) < 4.78 is 11.6. The Morgan fingerprint density at radius 2 is 1.10 bits per heavy atom. The molecule has 0 amide bonds. The van der Waals surface area contributed by atoms with Gasteiger partial charge in [-0.1, -0.05) is 141 Å². The van der Waals surface area contributed by atoms with E-state index in [-0.39, 0.29) is 12.1 Å². The van der Waals surface area contributed by atoms with Gasteiger partial charge in [-0.15, -0.1) is 0 Å². The Hall–Kier alpha value is -2.13. The van der Waals surface area contributed by atoms with Gasteiger partial charge in [0.25, 0.3) is 0 Å². The molecule has 0 aliphatic carbocycles. The molecular weight excluding hydrogens is 480 g/mol. The fourth-order valence-corrected chi connectivity index (χ4v) is 5.08. The topological polar surface area (TPSA) is 35.5 Å². The first-order valence-corrected chi connectivity index (χ1v) is 16.2. The van der Waals surface area contributed by atoms with Gasteiger partial charge in [-0.25, -0.2) is 4.79 Å².